The van der Waals surface area contributed by atoms with Crippen LogP contribution < -0.4 is 0 Å². The van der Waals surface area contributed by atoms with Crippen LogP contribution >= 0.6 is 0 Å². The van der Waals surface area contributed by atoms with Gasteiger partial charge in [-0.3, -0.25) is 4.57 Å². The van der Waals surface area contributed by atoms with Gasteiger partial charge in [0.05, 0.1) is 47.8 Å². The number of para-hydroxylation sites is 2. The van der Waals surface area contributed by atoms with Crippen LogP contribution in [0.5, 0.6) is 0 Å². The summed E-state index contributed by atoms with van der Waals surface area (Å²) in [6, 6.07) is 32.5. The summed E-state index contributed by atoms with van der Waals surface area (Å²) in [6.45, 7) is 0. The van der Waals surface area contributed by atoms with Crippen molar-refractivity contribution in [3.8, 4) is 28.5 Å². The van der Waals surface area contributed by atoms with Crippen LogP contribution in [0.2, 0.25) is 0 Å². The third-order valence-electron chi connectivity index (χ3n) is 6.70. The molecule has 0 radical (unpaired) electrons. The first kappa shape index (κ1) is 24.1. The highest BCUT2D eigenvalue weighted by atomic mass is 16.5. The molecule has 39 heavy (non-hydrogen) atoms. The zero-order valence-electron chi connectivity index (χ0n) is 21.3. The number of methoxy groups -OCH3 is 2. The van der Waals surface area contributed by atoms with Gasteiger partial charge in [0, 0.05) is 21.9 Å². The fourth-order valence-electron chi connectivity index (χ4n) is 4.76. The van der Waals surface area contributed by atoms with Gasteiger partial charge in [-0.15, -0.1) is 0 Å². The topological polar surface area (TPSA) is 83.3 Å². The summed E-state index contributed by atoms with van der Waals surface area (Å²) in [7, 11) is 2.72. The van der Waals surface area contributed by atoms with Crippen molar-refractivity contribution >= 4 is 33.7 Å². The smallest absolute Gasteiger partial charge is 0.337 e. The molecule has 0 aliphatic carbocycles. The third-order valence-corrected chi connectivity index (χ3v) is 6.70. The molecule has 2 heterocycles. The molecule has 2 aromatic heterocycles. The number of esters is 2. The Morgan fingerprint density at radius 2 is 1.00 bits per heavy atom. The number of rotatable bonds is 5. The van der Waals surface area contributed by atoms with Crippen LogP contribution in [0.3, 0.4) is 0 Å². The van der Waals surface area contributed by atoms with Crippen LogP contribution in [-0.2, 0) is 9.47 Å². The monoisotopic (exact) mass is 513 g/mol. The molecule has 7 nitrogen and oxygen atoms in total. The van der Waals surface area contributed by atoms with Crippen LogP contribution in [0, 0.1) is 0 Å². The zero-order valence-corrected chi connectivity index (χ0v) is 21.3. The average molecular weight is 514 g/mol. The van der Waals surface area contributed by atoms with Crippen LogP contribution in [0.25, 0.3) is 50.3 Å². The molecule has 0 spiro atoms. The fourth-order valence-corrected chi connectivity index (χ4v) is 4.76. The summed E-state index contributed by atoms with van der Waals surface area (Å²) in [5.41, 5.74) is 5.90. The Bertz CT molecular complexity index is 1720. The quantitative estimate of drug-likeness (QED) is 0.245. The molecule has 6 aromatic rings. The second kappa shape index (κ2) is 9.87. The van der Waals surface area contributed by atoms with Gasteiger partial charge >= 0.3 is 11.9 Å². The summed E-state index contributed by atoms with van der Waals surface area (Å²) in [5, 5.41) is 2.21. The molecule has 7 heteroatoms. The van der Waals surface area contributed by atoms with Crippen molar-refractivity contribution in [1.29, 1.82) is 0 Å². The van der Waals surface area contributed by atoms with Gasteiger partial charge in [0.1, 0.15) is 0 Å². The van der Waals surface area contributed by atoms with E-state index in [1.54, 1.807) is 24.3 Å². The Balaban J connectivity index is 1.58. The molecule has 0 N–H and O–H groups in total. The Labute approximate surface area is 224 Å². The second-order valence-corrected chi connectivity index (χ2v) is 8.95. The lowest BCUT2D eigenvalue weighted by atomic mass is 10.0. The van der Waals surface area contributed by atoms with Gasteiger partial charge < -0.3 is 9.47 Å². The number of benzene rings is 4. The normalized spacial score (nSPS) is 11.0. The molecule has 0 saturated heterocycles. The standard InChI is InChI=1S/C32H23N3O4/c1-38-30(36)22-15-11-20(12-16-22)26-19-27(21-13-17-23(18-14-21)31(37)39-2)34-32(33-26)35-28-9-5-3-7-24(28)25-8-4-6-10-29(25)35/h3-19H,1-2H3. The largest absolute Gasteiger partial charge is 0.465 e. The molecule has 0 bridgehead atoms. The maximum atomic E-state index is 12.0. The number of carbonyl (C=O) groups excluding carboxylic acids is 2. The van der Waals surface area contributed by atoms with Gasteiger partial charge in [-0.1, -0.05) is 60.7 Å². The van der Waals surface area contributed by atoms with Gasteiger partial charge in [0.2, 0.25) is 5.95 Å². The Morgan fingerprint density at radius 3 is 1.41 bits per heavy atom. The van der Waals surface area contributed by atoms with Gasteiger partial charge in [-0.2, -0.15) is 0 Å². The molecule has 0 unspecified atom stereocenters. The molecule has 0 amide bonds. The van der Waals surface area contributed by atoms with Crippen molar-refractivity contribution in [2.45, 2.75) is 0 Å². The van der Waals surface area contributed by atoms with Gasteiger partial charge in [-0.25, -0.2) is 19.6 Å². The minimum absolute atomic E-state index is 0.401. The van der Waals surface area contributed by atoms with E-state index in [9.17, 15) is 9.59 Å². The van der Waals surface area contributed by atoms with Crippen molar-refractivity contribution in [3.05, 3.63) is 114 Å². The van der Waals surface area contributed by atoms with Crippen molar-refractivity contribution in [1.82, 2.24) is 14.5 Å². The summed E-state index contributed by atoms with van der Waals surface area (Å²) in [6.07, 6.45) is 0. The molecule has 0 aliphatic heterocycles. The lowest BCUT2D eigenvalue weighted by Crippen LogP contribution is -2.05. The van der Waals surface area contributed by atoms with Crippen LogP contribution in [0.1, 0.15) is 20.7 Å². The highest BCUT2D eigenvalue weighted by molar-refractivity contribution is 6.09. The molecule has 0 saturated carbocycles. The SMILES string of the molecule is COC(=O)c1ccc(-c2cc(-c3ccc(C(=O)OC)cc3)nc(-n3c4ccccc4c4ccccc43)n2)cc1. The van der Waals surface area contributed by atoms with Crippen LogP contribution in [0.4, 0.5) is 0 Å². The fraction of sp³-hybridized carbons (Fsp3) is 0.0625. The maximum absolute atomic E-state index is 12.0. The predicted octanol–water partition coefficient (Wildman–Crippen LogP) is 6.48. The van der Waals surface area contributed by atoms with E-state index in [1.165, 1.54) is 14.2 Å². The minimum atomic E-state index is -0.401. The van der Waals surface area contributed by atoms with Gasteiger partial charge in [0.15, 0.2) is 0 Å². The van der Waals surface area contributed by atoms with Crippen LogP contribution in [0.15, 0.2) is 103 Å². The molecular formula is C32H23N3O4. The van der Waals surface area contributed by atoms with E-state index in [4.69, 9.17) is 19.4 Å². The molecule has 6 rings (SSSR count). The van der Waals surface area contributed by atoms with E-state index < -0.39 is 11.9 Å². The molecule has 0 fully saturated rings. The molecule has 190 valence electrons. The lowest BCUT2D eigenvalue weighted by Gasteiger charge is -2.12. The van der Waals surface area contributed by atoms with E-state index in [-0.39, 0.29) is 0 Å². The molecule has 4 aromatic carbocycles. The van der Waals surface area contributed by atoms with E-state index >= 15 is 0 Å². The zero-order chi connectivity index (χ0) is 26.9. The number of fused-ring (bicyclic) bond motifs is 3. The Hall–Kier alpha value is -5.30. The second-order valence-electron chi connectivity index (χ2n) is 8.95. The van der Waals surface area contributed by atoms with Crippen molar-refractivity contribution in [3.63, 3.8) is 0 Å². The number of hydrogen-bond donors (Lipinski definition) is 0. The number of nitrogens with zero attached hydrogens (tertiary/aromatic N) is 3. The maximum Gasteiger partial charge on any atom is 0.337 e. The highest BCUT2D eigenvalue weighted by Gasteiger charge is 2.17. The minimum Gasteiger partial charge on any atom is -0.465 e. The Kier molecular flexibility index (Phi) is 6.09. The van der Waals surface area contributed by atoms with Crippen LogP contribution in [-0.4, -0.2) is 40.7 Å². The van der Waals surface area contributed by atoms with Gasteiger partial charge in [0.25, 0.3) is 0 Å². The van der Waals surface area contributed by atoms with Gasteiger partial charge in [-0.05, 0) is 42.5 Å². The lowest BCUT2D eigenvalue weighted by molar-refractivity contribution is 0.0592. The summed E-state index contributed by atoms with van der Waals surface area (Å²) >= 11 is 0. The Morgan fingerprint density at radius 1 is 0.590 bits per heavy atom. The summed E-state index contributed by atoms with van der Waals surface area (Å²) in [5.74, 6) is -0.294. The molecular weight excluding hydrogens is 490 g/mol. The number of ether oxygens (including phenoxy) is 2. The first-order valence-electron chi connectivity index (χ1n) is 12.3. The number of aromatic nitrogens is 3. The average Bonchev–Trinajstić information content (AvgIpc) is 3.34. The predicted molar refractivity (Wildman–Crippen MR) is 150 cm³/mol. The van der Waals surface area contributed by atoms with E-state index in [0.29, 0.717) is 28.5 Å². The summed E-state index contributed by atoms with van der Waals surface area (Å²) < 4.78 is 11.7. The van der Waals surface area contributed by atoms with Crippen molar-refractivity contribution < 1.29 is 19.1 Å². The molecule has 0 aliphatic rings. The van der Waals surface area contributed by atoms with E-state index in [1.807, 2.05) is 54.6 Å². The van der Waals surface area contributed by atoms with E-state index in [0.717, 1.165) is 32.9 Å². The number of hydrogen-bond acceptors (Lipinski definition) is 6. The first-order chi connectivity index (χ1) is 19.1. The molecule has 0 atom stereocenters. The van der Waals surface area contributed by atoms with Crippen molar-refractivity contribution in [2.24, 2.45) is 0 Å². The highest BCUT2D eigenvalue weighted by Crippen LogP contribution is 2.33. The van der Waals surface area contributed by atoms with Crippen molar-refractivity contribution in [2.75, 3.05) is 14.2 Å². The third kappa shape index (κ3) is 4.30. The van der Waals surface area contributed by atoms with E-state index in [2.05, 4.69) is 28.8 Å². The summed E-state index contributed by atoms with van der Waals surface area (Å²) in [4.78, 5) is 33.9. The first-order valence-corrected chi connectivity index (χ1v) is 12.3. The number of carbonyl (C=O) groups is 2.